The predicted molar refractivity (Wildman–Crippen MR) is 123 cm³/mol. The van der Waals surface area contributed by atoms with E-state index in [-0.39, 0.29) is 17.4 Å². The molecule has 1 saturated carbocycles. The number of rotatable bonds is 5. The summed E-state index contributed by atoms with van der Waals surface area (Å²) in [4.78, 5) is 31.6. The molecule has 2 N–H and O–H groups in total. The molecule has 0 bridgehead atoms. The molecule has 10 heteroatoms. The number of hydrogen-bond donors (Lipinski definition) is 2. The molecule has 4 aromatic rings. The van der Waals surface area contributed by atoms with Gasteiger partial charge in [-0.05, 0) is 37.8 Å². The molecule has 33 heavy (non-hydrogen) atoms. The number of nitrogens with zero attached hydrogens (tertiary/aromatic N) is 6. The molecule has 0 spiro atoms. The molecule has 170 valence electrons. The first-order chi connectivity index (χ1) is 16.0. The highest BCUT2D eigenvalue weighted by Gasteiger charge is 2.48. The highest BCUT2D eigenvalue weighted by atomic mass is 16.5. The molecular weight excluding hydrogens is 420 g/mol. The van der Waals surface area contributed by atoms with Crippen molar-refractivity contribution in [1.29, 1.82) is 0 Å². The molecule has 6 rings (SSSR count). The van der Waals surface area contributed by atoms with Crippen molar-refractivity contribution in [3.63, 3.8) is 0 Å². The number of nitrogens with one attached hydrogen (secondary N) is 2. The Morgan fingerprint density at radius 2 is 2.06 bits per heavy atom. The van der Waals surface area contributed by atoms with Crippen LogP contribution in [0.25, 0.3) is 27.8 Å². The van der Waals surface area contributed by atoms with E-state index in [1.54, 1.807) is 11.6 Å². The maximum absolute atomic E-state index is 12.9. The van der Waals surface area contributed by atoms with E-state index in [9.17, 15) is 4.79 Å². The number of methoxy groups -OCH3 is 1. The normalized spacial score (nSPS) is 22.6. The van der Waals surface area contributed by atoms with E-state index in [0.717, 1.165) is 60.9 Å². The van der Waals surface area contributed by atoms with Gasteiger partial charge in [0.15, 0.2) is 5.65 Å². The van der Waals surface area contributed by atoms with Crippen LogP contribution in [-0.4, -0.2) is 66.6 Å². The average Bonchev–Trinajstić information content (AvgIpc) is 3.56. The summed E-state index contributed by atoms with van der Waals surface area (Å²) >= 11 is 0. The number of hydrogen-bond acceptors (Lipinski definition) is 7. The van der Waals surface area contributed by atoms with Gasteiger partial charge in [-0.1, -0.05) is 6.92 Å². The van der Waals surface area contributed by atoms with Gasteiger partial charge in [0.05, 0.1) is 17.9 Å². The third-order valence-corrected chi connectivity index (χ3v) is 6.91. The lowest BCUT2D eigenvalue weighted by molar-refractivity contribution is -0.145. The Bertz CT molecular complexity index is 1350. The van der Waals surface area contributed by atoms with Gasteiger partial charge in [-0.2, -0.15) is 15.1 Å². The Morgan fingerprint density at radius 3 is 2.85 bits per heavy atom. The number of pyridine rings is 1. The summed E-state index contributed by atoms with van der Waals surface area (Å²) in [5.74, 6) is 1.28. The third kappa shape index (κ3) is 3.28. The summed E-state index contributed by atoms with van der Waals surface area (Å²) in [6.45, 7) is 3.85. The summed E-state index contributed by atoms with van der Waals surface area (Å²) in [5.41, 5.74) is 3.06. The van der Waals surface area contributed by atoms with Crippen LogP contribution in [0.15, 0.2) is 30.9 Å². The van der Waals surface area contributed by atoms with Crippen LogP contribution in [0, 0.1) is 5.41 Å². The lowest BCUT2D eigenvalue weighted by Gasteiger charge is -2.45. The Labute approximate surface area is 190 Å². The standard InChI is InChI=1S/C23H26N8O2/c1-23(21(32)30-7-3-4-8-30)9-15(10-23)27-22-28-19-18(20(29-22)33-2)16(11-24-19)14-5-6-17-25-13-26-31(17)12-14/h5-6,11-13,15H,3-4,7-10H2,1-2H3,(H2,24,27,28,29). The van der Waals surface area contributed by atoms with Gasteiger partial charge < -0.3 is 19.9 Å². The van der Waals surface area contributed by atoms with E-state index in [1.807, 2.05) is 29.4 Å². The number of anilines is 1. The highest BCUT2D eigenvalue weighted by molar-refractivity contribution is 5.97. The van der Waals surface area contributed by atoms with Crippen molar-refractivity contribution in [2.45, 2.75) is 38.6 Å². The minimum absolute atomic E-state index is 0.160. The fourth-order valence-electron chi connectivity index (χ4n) is 5.21. The maximum Gasteiger partial charge on any atom is 0.228 e. The molecular formula is C23H26N8O2. The number of amides is 1. The van der Waals surface area contributed by atoms with E-state index >= 15 is 0 Å². The third-order valence-electron chi connectivity index (χ3n) is 6.91. The van der Waals surface area contributed by atoms with Gasteiger partial charge in [0.1, 0.15) is 12.0 Å². The predicted octanol–water partition coefficient (Wildman–Crippen LogP) is 2.88. The van der Waals surface area contributed by atoms with Gasteiger partial charge in [0.2, 0.25) is 17.7 Å². The summed E-state index contributed by atoms with van der Waals surface area (Å²) in [7, 11) is 1.61. The van der Waals surface area contributed by atoms with Crippen LogP contribution >= 0.6 is 0 Å². The molecule has 0 radical (unpaired) electrons. The average molecular weight is 447 g/mol. The second-order valence-corrected chi connectivity index (χ2v) is 9.27. The minimum Gasteiger partial charge on any atom is -0.480 e. The van der Waals surface area contributed by atoms with Crippen LogP contribution in [0.1, 0.15) is 32.6 Å². The summed E-state index contributed by atoms with van der Waals surface area (Å²) < 4.78 is 7.36. The SMILES string of the molecule is COc1nc(NC2CC(C)(C(=O)N3CCCC3)C2)nc2[nH]cc(-c3ccc4ncnn4c3)c12. The topological polar surface area (TPSA) is 113 Å². The van der Waals surface area contributed by atoms with Crippen molar-refractivity contribution < 1.29 is 9.53 Å². The highest BCUT2D eigenvalue weighted by Crippen LogP contribution is 2.44. The van der Waals surface area contributed by atoms with Crippen molar-refractivity contribution in [3.05, 3.63) is 30.9 Å². The summed E-state index contributed by atoms with van der Waals surface area (Å²) in [5, 5.41) is 8.43. The first kappa shape index (κ1) is 20.0. The Hall–Kier alpha value is -3.69. The maximum atomic E-state index is 12.9. The lowest BCUT2D eigenvalue weighted by atomic mass is 9.66. The molecule has 2 fully saturated rings. The second-order valence-electron chi connectivity index (χ2n) is 9.27. The molecule has 10 nitrogen and oxygen atoms in total. The molecule has 0 atom stereocenters. The van der Waals surface area contributed by atoms with Gasteiger partial charge in [0, 0.05) is 42.7 Å². The number of carbonyl (C=O) groups excluding carboxylic acids is 1. The van der Waals surface area contributed by atoms with Gasteiger partial charge in [-0.3, -0.25) is 4.79 Å². The molecule has 5 heterocycles. The number of carbonyl (C=O) groups is 1. The number of aromatic nitrogens is 6. The first-order valence-electron chi connectivity index (χ1n) is 11.3. The Kier molecular flexibility index (Phi) is 4.49. The zero-order valence-electron chi connectivity index (χ0n) is 18.7. The monoisotopic (exact) mass is 446 g/mol. The van der Waals surface area contributed by atoms with Crippen LogP contribution in [-0.2, 0) is 4.79 Å². The van der Waals surface area contributed by atoms with Crippen molar-refractivity contribution >= 4 is 28.5 Å². The molecule has 4 aromatic heterocycles. The van der Waals surface area contributed by atoms with E-state index in [1.165, 1.54) is 6.33 Å². The van der Waals surface area contributed by atoms with Crippen molar-refractivity contribution in [2.75, 3.05) is 25.5 Å². The quantitative estimate of drug-likeness (QED) is 0.485. The Morgan fingerprint density at radius 1 is 1.24 bits per heavy atom. The molecule has 1 saturated heterocycles. The van der Waals surface area contributed by atoms with Crippen molar-refractivity contribution in [1.82, 2.24) is 34.4 Å². The fourth-order valence-corrected chi connectivity index (χ4v) is 5.21. The first-order valence-corrected chi connectivity index (χ1v) is 11.3. The van der Waals surface area contributed by atoms with E-state index in [4.69, 9.17) is 4.74 Å². The molecule has 0 unspecified atom stereocenters. The summed E-state index contributed by atoms with van der Waals surface area (Å²) in [6, 6.07) is 4.07. The van der Waals surface area contributed by atoms with Gasteiger partial charge in [-0.15, -0.1) is 0 Å². The summed E-state index contributed by atoms with van der Waals surface area (Å²) in [6.07, 6.45) is 9.13. The van der Waals surface area contributed by atoms with E-state index in [0.29, 0.717) is 17.5 Å². The number of H-pyrrole nitrogens is 1. The molecule has 1 aliphatic carbocycles. The fraction of sp³-hybridized carbons (Fsp3) is 0.435. The minimum atomic E-state index is -0.296. The lowest BCUT2D eigenvalue weighted by Crippen LogP contribution is -2.53. The van der Waals surface area contributed by atoms with Gasteiger partial charge in [0.25, 0.3) is 0 Å². The molecule has 2 aliphatic rings. The van der Waals surface area contributed by atoms with Crippen LogP contribution in [0.5, 0.6) is 5.88 Å². The smallest absolute Gasteiger partial charge is 0.228 e. The van der Waals surface area contributed by atoms with E-state index in [2.05, 4.69) is 37.3 Å². The van der Waals surface area contributed by atoms with Crippen molar-refractivity contribution in [2.24, 2.45) is 5.41 Å². The zero-order valence-corrected chi connectivity index (χ0v) is 18.7. The number of aromatic amines is 1. The Balaban J connectivity index is 1.24. The number of ether oxygens (including phenoxy) is 1. The number of fused-ring (bicyclic) bond motifs is 2. The molecule has 1 amide bonds. The van der Waals surface area contributed by atoms with Gasteiger partial charge in [-0.25, -0.2) is 9.50 Å². The zero-order chi connectivity index (χ0) is 22.6. The second kappa shape index (κ2) is 7.43. The van der Waals surface area contributed by atoms with Crippen molar-refractivity contribution in [3.8, 4) is 17.0 Å². The van der Waals surface area contributed by atoms with Crippen LogP contribution in [0.3, 0.4) is 0 Å². The van der Waals surface area contributed by atoms with Gasteiger partial charge >= 0.3 is 0 Å². The molecule has 1 aliphatic heterocycles. The largest absolute Gasteiger partial charge is 0.480 e. The van der Waals surface area contributed by atoms with E-state index < -0.39 is 0 Å². The molecule has 0 aromatic carbocycles. The van der Waals surface area contributed by atoms with Crippen LogP contribution in [0.4, 0.5) is 5.95 Å². The number of likely N-dealkylation sites (tertiary alicyclic amines) is 1. The van der Waals surface area contributed by atoms with Crippen LogP contribution < -0.4 is 10.1 Å². The van der Waals surface area contributed by atoms with Crippen LogP contribution in [0.2, 0.25) is 0 Å².